The SMILES string of the molecule is CCC(C)(CN)C(=O)NC(C)(C)c1nccs1. The Kier molecular flexibility index (Phi) is 4.27. The molecule has 1 amide bonds. The van der Waals surface area contributed by atoms with Gasteiger partial charge in [-0.05, 0) is 27.2 Å². The summed E-state index contributed by atoms with van der Waals surface area (Å²) in [6.07, 6.45) is 2.47. The second-order valence-corrected chi connectivity index (χ2v) is 5.93. The van der Waals surface area contributed by atoms with Crippen LogP contribution in [-0.4, -0.2) is 17.4 Å². The van der Waals surface area contributed by atoms with Crippen LogP contribution in [0.2, 0.25) is 0 Å². The van der Waals surface area contributed by atoms with E-state index in [-0.39, 0.29) is 5.91 Å². The number of hydrogen-bond acceptors (Lipinski definition) is 4. The molecule has 1 aromatic heterocycles. The lowest BCUT2D eigenvalue weighted by atomic mass is 9.85. The third kappa shape index (κ3) is 3.04. The zero-order valence-corrected chi connectivity index (χ0v) is 11.7. The number of thiazole rings is 1. The summed E-state index contributed by atoms with van der Waals surface area (Å²) in [5.74, 6) is -0.0114. The summed E-state index contributed by atoms with van der Waals surface area (Å²) in [5.41, 5.74) is 4.73. The van der Waals surface area contributed by atoms with Crippen LogP contribution in [0.3, 0.4) is 0 Å². The molecule has 5 heteroatoms. The maximum absolute atomic E-state index is 12.2. The number of amides is 1. The van der Waals surface area contributed by atoms with Crippen LogP contribution in [0.15, 0.2) is 11.6 Å². The third-order valence-electron chi connectivity index (χ3n) is 3.17. The summed E-state index contributed by atoms with van der Waals surface area (Å²) in [5, 5.41) is 5.84. The first kappa shape index (κ1) is 14.1. The molecule has 0 radical (unpaired) electrons. The molecule has 4 nitrogen and oxygen atoms in total. The highest BCUT2D eigenvalue weighted by Gasteiger charge is 2.35. The van der Waals surface area contributed by atoms with E-state index in [4.69, 9.17) is 5.73 Å². The van der Waals surface area contributed by atoms with Crippen LogP contribution in [0.25, 0.3) is 0 Å². The van der Waals surface area contributed by atoms with Crippen molar-refractivity contribution in [3.63, 3.8) is 0 Å². The number of nitrogens with two attached hydrogens (primary N) is 1. The fourth-order valence-corrected chi connectivity index (χ4v) is 2.14. The van der Waals surface area contributed by atoms with Gasteiger partial charge in [0, 0.05) is 18.1 Å². The Morgan fingerprint density at radius 1 is 1.53 bits per heavy atom. The molecular formula is C12H21N3OS. The van der Waals surface area contributed by atoms with E-state index < -0.39 is 11.0 Å². The number of carbonyl (C=O) groups is 1. The van der Waals surface area contributed by atoms with Gasteiger partial charge in [-0.2, -0.15) is 0 Å². The first-order chi connectivity index (χ1) is 7.85. The van der Waals surface area contributed by atoms with Gasteiger partial charge in [0.25, 0.3) is 0 Å². The molecule has 0 aliphatic rings. The van der Waals surface area contributed by atoms with Crippen LogP contribution in [-0.2, 0) is 10.3 Å². The fourth-order valence-electron chi connectivity index (χ4n) is 1.42. The first-order valence-electron chi connectivity index (χ1n) is 5.78. The van der Waals surface area contributed by atoms with Gasteiger partial charge in [-0.25, -0.2) is 4.98 Å². The van der Waals surface area contributed by atoms with Crippen molar-refractivity contribution >= 4 is 17.2 Å². The van der Waals surface area contributed by atoms with Crippen LogP contribution < -0.4 is 11.1 Å². The van der Waals surface area contributed by atoms with Crippen molar-refractivity contribution in [3.8, 4) is 0 Å². The molecule has 0 fully saturated rings. The van der Waals surface area contributed by atoms with Gasteiger partial charge in [0.1, 0.15) is 5.01 Å². The molecule has 0 saturated carbocycles. The van der Waals surface area contributed by atoms with Crippen molar-refractivity contribution in [3.05, 3.63) is 16.6 Å². The van der Waals surface area contributed by atoms with Crippen LogP contribution in [0.1, 0.15) is 39.1 Å². The minimum absolute atomic E-state index is 0.0114. The van der Waals surface area contributed by atoms with E-state index >= 15 is 0 Å². The minimum atomic E-state index is -0.505. The Bertz CT molecular complexity index is 369. The van der Waals surface area contributed by atoms with Crippen LogP contribution in [0.4, 0.5) is 0 Å². The molecule has 1 atom stereocenters. The first-order valence-corrected chi connectivity index (χ1v) is 6.66. The van der Waals surface area contributed by atoms with Gasteiger partial charge in [-0.15, -0.1) is 11.3 Å². The number of carbonyl (C=O) groups excluding carboxylic acids is 1. The van der Waals surface area contributed by atoms with Gasteiger partial charge in [-0.3, -0.25) is 4.79 Å². The van der Waals surface area contributed by atoms with E-state index in [1.165, 1.54) is 0 Å². The van der Waals surface area contributed by atoms with Crippen LogP contribution >= 0.6 is 11.3 Å². The van der Waals surface area contributed by atoms with Crippen molar-refractivity contribution in [2.45, 2.75) is 39.7 Å². The monoisotopic (exact) mass is 255 g/mol. The number of hydrogen-bond donors (Lipinski definition) is 2. The molecule has 96 valence electrons. The molecule has 1 unspecified atom stereocenters. The zero-order chi connectivity index (χ0) is 13.1. The molecular weight excluding hydrogens is 234 g/mol. The van der Waals surface area contributed by atoms with Crippen molar-refractivity contribution in [1.82, 2.24) is 10.3 Å². The predicted octanol–water partition coefficient (Wildman–Crippen LogP) is 1.87. The summed E-state index contributed by atoms with van der Waals surface area (Å²) in [4.78, 5) is 16.5. The molecule has 1 aromatic rings. The lowest BCUT2D eigenvalue weighted by Gasteiger charge is -2.31. The lowest BCUT2D eigenvalue weighted by molar-refractivity contribution is -0.131. The van der Waals surface area contributed by atoms with Gasteiger partial charge < -0.3 is 11.1 Å². The molecule has 1 rings (SSSR count). The van der Waals surface area contributed by atoms with Gasteiger partial charge in [0.15, 0.2) is 0 Å². The van der Waals surface area contributed by atoms with E-state index in [1.807, 2.05) is 33.1 Å². The summed E-state index contributed by atoms with van der Waals surface area (Å²) in [6.45, 7) is 8.12. The molecule has 1 heterocycles. The average molecular weight is 255 g/mol. The van der Waals surface area contributed by atoms with Gasteiger partial charge in [0.05, 0.1) is 11.0 Å². The van der Waals surface area contributed by atoms with E-state index in [9.17, 15) is 4.79 Å². The van der Waals surface area contributed by atoms with E-state index in [2.05, 4.69) is 10.3 Å². The van der Waals surface area contributed by atoms with Gasteiger partial charge >= 0.3 is 0 Å². The van der Waals surface area contributed by atoms with E-state index in [0.717, 1.165) is 11.4 Å². The Morgan fingerprint density at radius 2 is 2.18 bits per heavy atom. The van der Waals surface area contributed by atoms with Gasteiger partial charge in [-0.1, -0.05) is 6.92 Å². The summed E-state index contributed by atoms with van der Waals surface area (Å²) in [7, 11) is 0. The maximum atomic E-state index is 12.2. The van der Waals surface area contributed by atoms with Crippen molar-refractivity contribution in [1.29, 1.82) is 0 Å². The Morgan fingerprint density at radius 3 is 2.59 bits per heavy atom. The second kappa shape index (κ2) is 5.14. The Labute approximate surface area is 107 Å². The molecule has 17 heavy (non-hydrogen) atoms. The minimum Gasteiger partial charge on any atom is -0.344 e. The molecule has 0 aliphatic heterocycles. The smallest absolute Gasteiger partial charge is 0.227 e. The highest BCUT2D eigenvalue weighted by molar-refractivity contribution is 7.09. The largest absolute Gasteiger partial charge is 0.344 e. The highest BCUT2D eigenvalue weighted by Crippen LogP contribution is 2.26. The van der Waals surface area contributed by atoms with E-state index in [0.29, 0.717) is 6.54 Å². The number of nitrogens with zero attached hydrogens (tertiary/aromatic N) is 1. The van der Waals surface area contributed by atoms with Crippen molar-refractivity contribution in [2.24, 2.45) is 11.1 Å². The number of rotatable bonds is 5. The zero-order valence-electron chi connectivity index (χ0n) is 10.9. The lowest BCUT2D eigenvalue weighted by Crippen LogP contribution is -2.50. The molecule has 0 bridgehead atoms. The topological polar surface area (TPSA) is 68.0 Å². The molecule has 0 spiro atoms. The fraction of sp³-hybridized carbons (Fsp3) is 0.667. The quantitative estimate of drug-likeness (QED) is 0.844. The van der Waals surface area contributed by atoms with Crippen molar-refractivity contribution in [2.75, 3.05) is 6.54 Å². The summed E-state index contributed by atoms with van der Waals surface area (Å²) >= 11 is 1.54. The second-order valence-electron chi connectivity index (χ2n) is 5.03. The molecule has 0 aromatic carbocycles. The third-order valence-corrected chi connectivity index (χ3v) is 4.27. The van der Waals surface area contributed by atoms with Crippen molar-refractivity contribution < 1.29 is 4.79 Å². The standard InChI is InChI=1S/C12H21N3OS/c1-5-12(4,8-13)9(16)15-11(2,3)10-14-6-7-17-10/h6-7H,5,8,13H2,1-4H3,(H,15,16). The molecule has 3 N–H and O–H groups in total. The molecule has 0 aliphatic carbocycles. The van der Waals surface area contributed by atoms with E-state index in [1.54, 1.807) is 17.5 Å². The van der Waals surface area contributed by atoms with Crippen LogP contribution in [0.5, 0.6) is 0 Å². The van der Waals surface area contributed by atoms with Crippen LogP contribution in [0, 0.1) is 5.41 Å². The number of nitrogens with one attached hydrogen (secondary N) is 1. The Hall–Kier alpha value is -0.940. The Balaban J connectivity index is 2.81. The summed E-state index contributed by atoms with van der Waals surface area (Å²) < 4.78 is 0. The summed E-state index contributed by atoms with van der Waals surface area (Å²) in [6, 6.07) is 0. The highest BCUT2D eigenvalue weighted by atomic mass is 32.1. The molecule has 0 saturated heterocycles. The maximum Gasteiger partial charge on any atom is 0.227 e. The number of aromatic nitrogens is 1. The predicted molar refractivity (Wildman–Crippen MR) is 70.7 cm³/mol. The van der Waals surface area contributed by atoms with Gasteiger partial charge in [0.2, 0.25) is 5.91 Å². The average Bonchev–Trinajstić information content (AvgIpc) is 2.81. The normalized spacial score (nSPS) is 15.4.